The van der Waals surface area contributed by atoms with Crippen LogP contribution in [-0.4, -0.2) is 29.7 Å². The van der Waals surface area contributed by atoms with Gasteiger partial charge in [0.1, 0.15) is 0 Å². The minimum absolute atomic E-state index is 0.0280. The van der Waals surface area contributed by atoms with Crippen molar-refractivity contribution in [1.29, 1.82) is 0 Å². The summed E-state index contributed by atoms with van der Waals surface area (Å²) in [7, 11) is 0. The molecule has 0 aromatic carbocycles. The number of hydrogen-bond donors (Lipinski definition) is 0. The lowest BCUT2D eigenvalue weighted by atomic mass is 9.80. The van der Waals surface area contributed by atoms with E-state index in [1.807, 2.05) is 0 Å². The second-order valence-electron chi connectivity index (χ2n) is 6.07. The first-order valence-electron chi connectivity index (χ1n) is 6.33. The van der Waals surface area contributed by atoms with Crippen molar-refractivity contribution in [2.45, 2.75) is 27.2 Å². The van der Waals surface area contributed by atoms with E-state index in [1.54, 1.807) is 17.0 Å². The van der Waals surface area contributed by atoms with E-state index in [1.165, 1.54) is 11.3 Å². The number of thiophene rings is 1. The predicted octanol–water partition coefficient (Wildman–Crippen LogP) is 3.48. The SMILES string of the molecule is CC(C)(C)C1CC(=O)N(CC(=O)c2ccc(Cl)s2)C1. The number of carbonyl (C=O) groups excluding carboxylic acids is 2. The lowest BCUT2D eigenvalue weighted by Crippen LogP contribution is -2.32. The monoisotopic (exact) mass is 299 g/mol. The number of halogens is 1. The van der Waals surface area contributed by atoms with Gasteiger partial charge in [-0.3, -0.25) is 9.59 Å². The van der Waals surface area contributed by atoms with Crippen LogP contribution in [0.5, 0.6) is 0 Å². The Kier molecular flexibility index (Phi) is 4.02. The molecule has 0 aliphatic carbocycles. The Bertz CT molecular complexity index is 504. The maximum Gasteiger partial charge on any atom is 0.223 e. The average molecular weight is 300 g/mol. The van der Waals surface area contributed by atoms with Gasteiger partial charge in [0, 0.05) is 13.0 Å². The Balaban J connectivity index is 2.00. The van der Waals surface area contributed by atoms with Gasteiger partial charge >= 0.3 is 0 Å². The van der Waals surface area contributed by atoms with E-state index < -0.39 is 0 Å². The summed E-state index contributed by atoms with van der Waals surface area (Å²) in [5, 5.41) is 0. The van der Waals surface area contributed by atoms with E-state index in [-0.39, 0.29) is 23.7 Å². The standard InChI is InChI=1S/C14H18ClNO2S/c1-14(2,3)9-6-13(18)16(7-9)8-10(17)11-4-5-12(15)19-11/h4-5,9H,6-8H2,1-3H3. The average Bonchev–Trinajstić information content (AvgIpc) is 2.85. The predicted molar refractivity (Wildman–Crippen MR) is 77.8 cm³/mol. The van der Waals surface area contributed by atoms with Crippen LogP contribution in [0.3, 0.4) is 0 Å². The first kappa shape index (κ1) is 14.5. The second-order valence-corrected chi connectivity index (χ2v) is 7.78. The number of carbonyl (C=O) groups is 2. The molecule has 0 radical (unpaired) electrons. The van der Waals surface area contributed by atoms with Crippen LogP contribution in [0.1, 0.15) is 36.9 Å². The smallest absolute Gasteiger partial charge is 0.223 e. The Morgan fingerprint density at radius 1 is 1.47 bits per heavy atom. The van der Waals surface area contributed by atoms with E-state index in [0.717, 1.165) is 0 Å². The molecule has 1 saturated heterocycles. The van der Waals surface area contributed by atoms with Crippen LogP contribution in [0.15, 0.2) is 12.1 Å². The highest BCUT2D eigenvalue weighted by molar-refractivity contribution is 7.18. The summed E-state index contributed by atoms with van der Waals surface area (Å²) in [4.78, 5) is 26.3. The largest absolute Gasteiger partial charge is 0.335 e. The molecule has 0 N–H and O–H groups in total. The van der Waals surface area contributed by atoms with E-state index in [0.29, 0.717) is 28.1 Å². The summed E-state index contributed by atoms with van der Waals surface area (Å²) in [6, 6.07) is 3.43. The zero-order valence-corrected chi connectivity index (χ0v) is 13.0. The fourth-order valence-corrected chi connectivity index (χ4v) is 3.19. The molecule has 0 saturated carbocycles. The molecule has 104 valence electrons. The van der Waals surface area contributed by atoms with Crippen molar-refractivity contribution >= 4 is 34.6 Å². The molecule has 1 atom stereocenters. The fraction of sp³-hybridized carbons (Fsp3) is 0.571. The Morgan fingerprint density at radius 3 is 2.63 bits per heavy atom. The number of Topliss-reactive ketones (excluding diaryl/α,β-unsaturated/α-hetero) is 1. The summed E-state index contributed by atoms with van der Waals surface area (Å²) in [5.41, 5.74) is 0.0969. The molecule has 1 fully saturated rings. The molecule has 0 bridgehead atoms. The number of nitrogens with zero attached hydrogens (tertiary/aromatic N) is 1. The van der Waals surface area contributed by atoms with Crippen molar-refractivity contribution in [3.05, 3.63) is 21.3 Å². The van der Waals surface area contributed by atoms with Crippen LogP contribution < -0.4 is 0 Å². The molecule has 1 aromatic rings. The molecule has 1 amide bonds. The third kappa shape index (κ3) is 3.37. The van der Waals surface area contributed by atoms with Gasteiger partial charge in [0.15, 0.2) is 5.78 Å². The van der Waals surface area contributed by atoms with Crippen molar-refractivity contribution in [1.82, 2.24) is 4.90 Å². The summed E-state index contributed by atoms with van der Waals surface area (Å²) in [6.07, 6.45) is 0.544. The molecule has 1 unspecified atom stereocenters. The van der Waals surface area contributed by atoms with Gasteiger partial charge < -0.3 is 4.90 Å². The maximum atomic E-state index is 12.1. The fourth-order valence-electron chi connectivity index (χ4n) is 2.22. The van der Waals surface area contributed by atoms with Crippen LogP contribution in [0.4, 0.5) is 0 Å². The van der Waals surface area contributed by atoms with Gasteiger partial charge in [-0.2, -0.15) is 0 Å². The van der Waals surface area contributed by atoms with Crippen molar-refractivity contribution in [3.63, 3.8) is 0 Å². The van der Waals surface area contributed by atoms with Crippen molar-refractivity contribution < 1.29 is 9.59 Å². The van der Waals surface area contributed by atoms with Gasteiger partial charge in [0.25, 0.3) is 0 Å². The third-order valence-electron chi connectivity index (χ3n) is 3.62. The highest BCUT2D eigenvalue weighted by Gasteiger charge is 2.37. The lowest BCUT2D eigenvalue weighted by molar-refractivity contribution is -0.127. The number of likely N-dealkylation sites (tertiary alicyclic amines) is 1. The highest BCUT2D eigenvalue weighted by Crippen LogP contribution is 2.34. The van der Waals surface area contributed by atoms with Crippen molar-refractivity contribution in [3.8, 4) is 0 Å². The van der Waals surface area contributed by atoms with Gasteiger partial charge in [-0.05, 0) is 23.5 Å². The van der Waals surface area contributed by atoms with Gasteiger partial charge in [0.05, 0.1) is 15.8 Å². The normalized spacial score (nSPS) is 20.1. The molecule has 2 heterocycles. The minimum atomic E-state index is -0.0280. The molecule has 1 aliphatic rings. The summed E-state index contributed by atoms with van der Waals surface area (Å²) >= 11 is 7.08. The molecule has 1 aromatic heterocycles. The molecule has 0 spiro atoms. The molecular weight excluding hydrogens is 282 g/mol. The topological polar surface area (TPSA) is 37.4 Å². The minimum Gasteiger partial charge on any atom is -0.335 e. The van der Waals surface area contributed by atoms with Gasteiger partial charge in [-0.1, -0.05) is 32.4 Å². The van der Waals surface area contributed by atoms with Crippen LogP contribution in [0.25, 0.3) is 0 Å². The number of ketones is 1. The van der Waals surface area contributed by atoms with Gasteiger partial charge in [-0.15, -0.1) is 11.3 Å². The van der Waals surface area contributed by atoms with Crippen molar-refractivity contribution in [2.24, 2.45) is 11.3 Å². The Labute approximate surface area is 122 Å². The summed E-state index contributed by atoms with van der Waals surface area (Å²) < 4.78 is 0.601. The zero-order valence-electron chi connectivity index (χ0n) is 11.4. The highest BCUT2D eigenvalue weighted by atomic mass is 35.5. The van der Waals surface area contributed by atoms with E-state index >= 15 is 0 Å². The van der Waals surface area contributed by atoms with Gasteiger partial charge in [-0.25, -0.2) is 0 Å². The number of rotatable bonds is 3. The van der Waals surface area contributed by atoms with E-state index in [4.69, 9.17) is 11.6 Å². The van der Waals surface area contributed by atoms with E-state index in [2.05, 4.69) is 20.8 Å². The molecule has 5 heteroatoms. The summed E-state index contributed by atoms with van der Waals surface area (Å²) in [5.74, 6) is 0.371. The van der Waals surface area contributed by atoms with Crippen LogP contribution in [0, 0.1) is 11.3 Å². The first-order valence-corrected chi connectivity index (χ1v) is 7.53. The van der Waals surface area contributed by atoms with Crippen LogP contribution >= 0.6 is 22.9 Å². The third-order valence-corrected chi connectivity index (χ3v) is 4.89. The quantitative estimate of drug-likeness (QED) is 0.801. The molecular formula is C14H18ClNO2S. The molecule has 3 nitrogen and oxygen atoms in total. The molecule has 2 rings (SSSR count). The van der Waals surface area contributed by atoms with Crippen LogP contribution in [-0.2, 0) is 4.79 Å². The second kappa shape index (κ2) is 5.25. The zero-order chi connectivity index (χ0) is 14.2. The number of amides is 1. The lowest BCUT2D eigenvalue weighted by Gasteiger charge is -2.26. The molecule has 1 aliphatic heterocycles. The van der Waals surface area contributed by atoms with Gasteiger partial charge in [0.2, 0.25) is 5.91 Å². The Hall–Kier alpha value is -0.870. The number of hydrogen-bond acceptors (Lipinski definition) is 3. The maximum absolute atomic E-state index is 12.1. The Morgan fingerprint density at radius 2 is 2.16 bits per heavy atom. The van der Waals surface area contributed by atoms with Crippen LogP contribution in [0.2, 0.25) is 4.34 Å². The summed E-state index contributed by atoms with van der Waals surface area (Å²) in [6.45, 7) is 7.25. The van der Waals surface area contributed by atoms with E-state index in [9.17, 15) is 9.59 Å². The molecule has 19 heavy (non-hydrogen) atoms. The first-order chi connectivity index (χ1) is 8.77. The van der Waals surface area contributed by atoms with Crippen molar-refractivity contribution in [2.75, 3.05) is 13.1 Å².